The van der Waals surface area contributed by atoms with Crippen LogP contribution in [0.1, 0.15) is 86.6 Å². The van der Waals surface area contributed by atoms with Crippen molar-refractivity contribution in [3.63, 3.8) is 0 Å². The number of benzene rings is 2. The number of carboxylic acids is 3. The van der Waals surface area contributed by atoms with Crippen LogP contribution in [0.25, 0.3) is 10.9 Å². The third kappa shape index (κ3) is 27.1. The molecular weight excluding hydrogens is 1330 g/mol. The predicted molar refractivity (Wildman–Crippen MR) is 352 cm³/mol. The molecule has 4 heterocycles. The number of thioether (sulfide) groups is 1. The summed E-state index contributed by atoms with van der Waals surface area (Å²) < 4.78 is 35.5. The van der Waals surface area contributed by atoms with Crippen LogP contribution in [-0.2, 0) is 44.8 Å². The second kappa shape index (κ2) is 39.1. The van der Waals surface area contributed by atoms with Crippen LogP contribution in [0.5, 0.6) is 5.75 Å². The van der Waals surface area contributed by atoms with Crippen molar-refractivity contribution in [1.82, 2.24) is 55.7 Å². The highest BCUT2D eigenvalue weighted by Crippen LogP contribution is 2.32. The number of aryl methyl sites for hydroxylation is 1. The van der Waals surface area contributed by atoms with E-state index < -0.39 is 79.1 Å². The fourth-order valence-electron chi connectivity index (χ4n) is 11.4. The fourth-order valence-corrected chi connectivity index (χ4v) is 12.6. The number of nitrogens with one attached hydrogen (secondary N) is 4. The first-order chi connectivity index (χ1) is 44.1. The van der Waals surface area contributed by atoms with E-state index in [1.165, 1.54) is 37.3 Å². The number of aliphatic carboxylic acids is 3. The number of carbonyl (C=O) groups is 9. The Balaban J connectivity index is 0.920. The minimum atomic E-state index is -3.05. The van der Waals surface area contributed by atoms with Crippen molar-refractivity contribution in [3.8, 4) is 5.75 Å². The molecular formula is C63H89F2IN12O13S. The molecule has 0 radical (unpaired) electrons. The van der Waals surface area contributed by atoms with E-state index in [0.717, 1.165) is 46.1 Å². The molecule has 25 nitrogen and oxygen atoms in total. The number of piperidine rings is 1. The van der Waals surface area contributed by atoms with Gasteiger partial charge in [0, 0.05) is 138 Å². The molecule has 92 heavy (non-hydrogen) atoms. The minimum Gasteiger partial charge on any atom is -0.494 e. The average Bonchev–Trinajstić information content (AvgIpc) is 1.23. The van der Waals surface area contributed by atoms with Crippen molar-refractivity contribution in [2.45, 2.75) is 95.1 Å². The Labute approximate surface area is 553 Å². The number of alkyl halides is 2. The van der Waals surface area contributed by atoms with E-state index in [9.17, 15) is 67.3 Å². The summed E-state index contributed by atoms with van der Waals surface area (Å²) in [7, 11) is 1.45. The first kappa shape index (κ1) is 74.4. The molecule has 1 unspecified atom stereocenters. The summed E-state index contributed by atoms with van der Waals surface area (Å²) >= 11 is 3.64. The summed E-state index contributed by atoms with van der Waals surface area (Å²) in [5.41, 5.74) is 1.95. The van der Waals surface area contributed by atoms with Gasteiger partial charge in [0.15, 0.2) is 0 Å². The molecule has 0 saturated carbocycles. The molecule has 0 spiro atoms. The molecule has 0 bridgehead atoms. The van der Waals surface area contributed by atoms with Gasteiger partial charge in [-0.25, -0.2) is 8.78 Å². The van der Waals surface area contributed by atoms with Crippen molar-refractivity contribution in [2.75, 3.05) is 143 Å². The van der Waals surface area contributed by atoms with Crippen LogP contribution < -0.4 is 26.0 Å². The first-order valence-electron chi connectivity index (χ1n) is 31.5. The van der Waals surface area contributed by atoms with Crippen LogP contribution in [0.4, 0.5) is 8.78 Å². The van der Waals surface area contributed by atoms with Crippen LogP contribution >= 0.6 is 34.4 Å². The Morgan fingerprint density at radius 2 is 1.36 bits per heavy atom. The fraction of sp³-hybridized carbons (Fsp3) is 0.603. The molecule has 7 N–H and O–H groups in total. The minimum absolute atomic E-state index is 0.0786. The highest BCUT2D eigenvalue weighted by atomic mass is 127. The van der Waals surface area contributed by atoms with E-state index in [1.807, 2.05) is 29.2 Å². The number of fused-ring (bicyclic) bond motifs is 1. The third-order valence-electron chi connectivity index (χ3n) is 16.3. The quantitative estimate of drug-likeness (QED) is 0.0256. The Morgan fingerprint density at radius 1 is 0.728 bits per heavy atom. The number of unbranched alkanes of at least 4 members (excludes halogenated alkanes) is 2. The maximum absolute atomic E-state index is 14.1. The van der Waals surface area contributed by atoms with Crippen LogP contribution in [0.2, 0.25) is 0 Å². The van der Waals surface area contributed by atoms with E-state index in [1.54, 1.807) is 37.8 Å². The van der Waals surface area contributed by atoms with Gasteiger partial charge in [-0.2, -0.15) is 11.8 Å². The van der Waals surface area contributed by atoms with Gasteiger partial charge in [0.25, 0.3) is 11.8 Å². The zero-order chi connectivity index (χ0) is 66.4. The molecule has 2 atom stereocenters. The maximum Gasteiger partial charge on any atom is 0.317 e. The van der Waals surface area contributed by atoms with Gasteiger partial charge in [0.05, 0.1) is 63.0 Å². The summed E-state index contributed by atoms with van der Waals surface area (Å²) in [6.07, 6.45) is 9.72. The number of ether oxygens (including phenoxy) is 1. The number of halogens is 3. The normalized spacial score (nSPS) is 17.8. The van der Waals surface area contributed by atoms with Crippen molar-refractivity contribution < 1.29 is 72.0 Å². The third-order valence-corrected chi connectivity index (χ3v) is 18.1. The van der Waals surface area contributed by atoms with Gasteiger partial charge in [-0.15, -0.1) is 0 Å². The Morgan fingerprint density at radius 3 is 1.98 bits per heavy atom. The van der Waals surface area contributed by atoms with Gasteiger partial charge in [0.2, 0.25) is 29.5 Å². The highest BCUT2D eigenvalue weighted by Gasteiger charge is 2.46. The van der Waals surface area contributed by atoms with E-state index in [-0.39, 0.29) is 102 Å². The molecule has 0 aliphatic carbocycles. The number of rotatable bonds is 34. The SMILES string of the molecule is CN=C[C@H]1CC(F)(F)CN1C(=O)CNC(=O)c1ccnc2ccc(OCCCC3CCN(C(=O)CCCCCNC(=O)C(CSCCNC(=O)CCCc4ccc(I)cc4)NC(=O)CN4CCN(CC(=O)O)CCN(CC(=O)O)CCN(CC(=O)O)CC4)CC3)cc12. The van der Waals surface area contributed by atoms with Crippen molar-refractivity contribution in [1.29, 1.82) is 0 Å². The second-order valence-corrected chi connectivity index (χ2v) is 25.9. The monoisotopic (exact) mass is 1420 g/mol. The van der Waals surface area contributed by atoms with E-state index in [4.69, 9.17) is 4.74 Å². The van der Waals surface area contributed by atoms with Crippen molar-refractivity contribution in [2.24, 2.45) is 10.9 Å². The van der Waals surface area contributed by atoms with Gasteiger partial charge in [-0.3, -0.25) is 72.7 Å². The van der Waals surface area contributed by atoms with E-state index >= 15 is 0 Å². The summed E-state index contributed by atoms with van der Waals surface area (Å²) in [6.45, 7) is 1.82. The lowest BCUT2D eigenvalue weighted by molar-refractivity contribution is -0.140. The zero-order valence-corrected chi connectivity index (χ0v) is 55.4. The van der Waals surface area contributed by atoms with Crippen LogP contribution in [0, 0.1) is 9.49 Å². The largest absolute Gasteiger partial charge is 0.494 e. The molecule has 2 aromatic carbocycles. The maximum atomic E-state index is 14.1. The number of likely N-dealkylation sites (tertiary alicyclic amines) is 2. The lowest BCUT2D eigenvalue weighted by atomic mass is 9.92. The van der Waals surface area contributed by atoms with Gasteiger partial charge in [0.1, 0.15) is 11.8 Å². The van der Waals surface area contributed by atoms with Gasteiger partial charge in [-0.1, -0.05) is 18.6 Å². The lowest BCUT2D eigenvalue weighted by Crippen LogP contribution is -2.53. The Bertz CT molecular complexity index is 2930. The number of carbonyl (C=O) groups excluding carboxylic acids is 6. The van der Waals surface area contributed by atoms with E-state index in [2.05, 4.69) is 53.8 Å². The summed E-state index contributed by atoms with van der Waals surface area (Å²) in [5.74, 6) is -6.71. The summed E-state index contributed by atoms with van der Waals surface area (Å²) in [5, 5.41) is 40.7. The van der Waals surface area contributed by atoms with Gasteiger partial charge >= 0.3 is 17.9 Å². The molecule has 3 saturated heterocycles. The summed E-state index contributed by atoms with van der Waals surface area (Å²) in [6, 6.07) is 13.1. The number of amides is 6. The highest BCUT2D eigenvalue weighted by molar-refractivity contribution is 14.1. The molecule has 3 fully saturated rings. The average molecular weight is 1420 g/mol. The number of aromatic nitrogens is 1. The molecule has 3 aliphatic rings. The Kier molecular flexibility index (Phi) is 31.6. The van der Waals surface area contributed by atoms with Crippen LogP contribution in [-0.4, -0.2) is 270 Å². The van der Waals surface area contributed by atoms with E-state index in [0.29, 0.717) is 99.6 Å². The van der Waals surface area contributed by atoms with Crippen LogP contribution in [0.15, 0.2) is 59.7 Å². The topological polar surface area (TPSA) is 316 Å². The van der Waals surface area contributed by atoms with Crippen molar-refractivity contribution >= 4 is 105 Å². The Hall–Kier alpha value is -6.67. The number of hydrogen-bond acceptors (Lipinski definition) is 17. The van der Waals surface area contributed by atoms with Crippen molar-refractivity contribution in [3.05, 3.63) is 69.4 Å². The summed E-state index contributed by atoms with van der Waals surface area (Å²) in [4.78, 5) is 133. The molecule has 6 amide bonds. The number of carboxylic acid groups (broad SMARTS) is 3. The molecule has 1 aromatic heterocycles. The van der Waals surface area contributed by atoms with Crippen LogP contribution in [0.3, 0.4) is 0 Å². The molecule has 6 rings (SSSR count). The van der Waals surface area contributed by atoms with Gasteiger partial charge in [-0.05, 0) is 122 Å². The number of aliphatic imine (C=N–C) groups is 1. The standard InChI is InChI=1S/C63H89F2IN12O13S/c1-67-37-48-36-63(64,65)44-78(48)57(82)38-71-61(89)50-17-21-68-52-16-15-49(35-51(50)52)91-33-6-8-46-18-23-77(24-19-46)56(81)10-3-2-4-20-70-62(90)53(43-92-34-22-69-54(79)9-5-7-45-11-13-47(66)14-12-45)72-55(80)39-73-25-27-74(40-58(83)84)29-31-76(42-60(87)88)32-30-75(28-26-73)41-59(85)86/h11-17,21,35,37,46,48,53H,2-10,18-20,22-34,36,38-44H2,1H3,(H,69,79)(H,70,90)(H,71,89)(H,72,80)(H,83,84)(H,85,86)(H,87,88)/t48-,53?/m1/s1. The number of hydrogen-bond donors (Lipinski definition) is 7. The predicted octanol–water partition coefficient (Wildman–Crippen LogP) is 3.41. The molecule has 3 aromatic rings. The number of nitrogens with zero attached hydrogens (tertiary/aromatic N) is 8. The second-order valence-electron chi connectivity index (χ2n) is 23.5. The smallest absolute Gasteiger partial charge is 0.317 e. The lowest BCUT2D eigenvalue weighted by Gasteiger charge is -2.33. The number of pyridine rings is 1. The molecule has 3 aliphatic heterocycles. The van der Waals surface area contributed by atoms with Gasteiger partial charge < -0.3 is 51.1 Å². The first-order valence-corrected chi connectivity index (χ1v) is 33.7. The molecule has 29 heteroatoms. The zero-order valence-electron chi connectivity index (χ0n) is 52.4. The molecule has 506 valence electrons.